The van der Waals surface area contributed by atoms with Crippen LogP contribution in [0.25, 0.3) is 0 Å². The number of aromatic nitrogens is 3. The second kappa shape index (κ2) is 10.0. The number of para-hydroxylation sites is 1. The van der Waals surface area contributed by atoms with Gasteiger partial charge >= 0.3 is 6.03 Å². The summed E-state index contributed by atoms with van der Waals surface area (Å²) in [6.45, 7) is 5.03. The van der Waals surface area contributed by atoms with Crippen LogP contribution in [0, 0.1) is 6.92 Å². The van der Waals surface area contributed by atoms with Crippen molar-refractivity contribution in [3.63, 3.8) is 0 Å². The molecule has 0 atom stereocenters. The number of amides is 2. The third kappa shape index (κ3) is 6.17. The highest BCUT2D eigenvalue weighted by Crippen LogP contribution is 2.15. The Labute approximate surface area is 170 Å². The van der Waals surface area contributed by atoms with Gasteiger partial charge in [-0.2, -0.15) is 0 Å². The van der Waals surface area contributed by atoms with Gasteiger partial charge in [0.25, 0.3) is 0 Å². The SMILES string of the molecule is CCc1ccccc1NC(=O)NCCNc1ccc(Nc2ccc(C)cn2)nn1. The molecule has 1 aromatic carbocycles. The Morgan fingerprint density at radius 1 is 0.931 bits per heavy atom. The molecule has 2 heterocycles. The Balaban J connectivity index is 1.40. The van der Waals surface area contributed by atoms with E-state index >= 15 is 0 Å². The van der Waals surface area contributed by atoms with E-state index in [9.17, 15) is 4.79 Å². The summed E-state index contributed by atoms with van der Waals surface area (Å²) in [6, 6.07) is 15.0. The first-order valence-corrected chi connectivity index (χ1v) is 9.54. The number of nitrogens with one attached hydrogen (secondary N) is 4. The fourth-order valence-electron chi connectivity index (χ4n) is 2.65. The summed E-state index contributed by atoms with van der Waals surface area (Å²) >= 11 is 0. The van der Waals surface area contributed by atoms with Gasteiger partial charge in [0, 0.05) is 25.0 Å². The molecule has 0 fully saturated rings. The monoisotopic (exact) mass is 391 g/mol. The minimum Gasteiger partial charge on any atom is -0.367 e. The second-order valence-corrected chi connectivity index (χ2v) is 6.47. The third-order valence-corrected chi connectivity index (χ3v) is 4.20. The zero-order valence-corrected chi connectivity index (χ0v) is 16.6. The predicted molar refractivity (Wildman–Crippen MR) is 116 cm³/mol. The highest BCUT2D eigenvalue weighted by Gasteiger charge is 2.05. The molecule has 0 bridgehead atoms. The normalized spacial score (nSPS) is 10.3. The number of nitrogens with zero attached hydrogens (tertiary/aromatic N) is 3. The molecule has 4 N–H and O–H groups in total. The van der Waals surface area contributed by atoms with Gasteiger partial charge in [-0.05, 0) is 48.7 Å². The third-order valence-electron chi connectivity index (χ3n) is 4.20. The summed E-state index contributed by atoms with van der Waals surface area (Å²) in [5.74, 6) is 1.95. The average molecular weight is 391 g/mol. The van der Waals surface area contributed by atoms with Gasteiger partial charge in [0.05, 0.1) is 0 Å². The number of hydrogen-bond acceptors (Lipinski definition) is 6. The van der Waals surface area contributed by atoms with Crippen LogP contribution in [0.4, 0.5) is 27.9 Å². The van der Waals surface area contributed by atoms with E-state index in [0.717, 1.165) is 23.2 Å². The molecular weight excluding hydrogens is 366 g/mol. The summed E-state index contributed by atoms with van der Waals surface area (Å²) in [7, 11) is 0. The number of urea groups is 1. The van der Waals surface area contributed by atoms with E-state index in [2.05, 4.69) is 43.4 Å². The smallest absolute Gasteiger partial charge is 0.319 e. The zero-order chi connectivity index (χ0) is 20.5. The second-order valence-electron chi connectivity index (χ2n) is 6.47. The molecule has 29 heavy (non-hydrogen) atoms. The number of pyridine rings is 1. The van der Waals surface area contributed by atoms with Crippen LogP contribution in [0.5, 0.6) is 0 Å². The lowest BCUT2D eigenvalue weighted by Gasteiger charge is -2.11. The van der Waals surface area contributed by atoms with Crippen molar-refractivity contribution in [3.05, 3.63) is 65.9 Å². The molecule has 3 rings (SSSR count). The largest absolute Gasteiger partial charge is 0.367 e. The Morgan fingerprint density at radius 2 is 1.69 bits per heavy atom. The van der Waals surface area contributed by atoms with E-state index in [1.807, 2.05) is 55.5 Å². The summed E-state index contributed by atoms with van der Waals surface area (Å²) in [5, 5.41) is 20.2. The van der Waals surface area contributed by atoms with Crippen LogP contribution in [0.2, 0.25) is 0 Å². The standard InChI is InChI=1S/C21H25N7O/c1-3-16-6-4-5-7-17(16)25-21(29)23-13-12-22-19-10-11-20(28-27-19)26-18-9-8-15(2)14-24-18/h4-11,14H,3,12-13H2,1-2H3,(H,22,27)(H2,23,25,29)(H,24,26,28). The molecule has 0 radical (unpaired) electrons. The highest BCUT2D eigenvalue weighted by atomic mass is 16.2. The van der Waals surface area contributed by atoms with Crippen LogP contribution in [-0.4, -0.2) is 34.3 Å². The highest BCUT2D eigenvalue weighted by molar-refractivity contribution is 5.90. The summed E-state index contributed by atoms with van der Waals surface area (Å²) in [5.41, 5.74) is 3.03. The molecule has 8 heteroatoms. The topological polar surface area (TPSA) is 104 Å². The van der Waals surface area contributed by atoms with Crippen molar-refractivity contribution in [2.75, 3.05) is 29.0 Å². The van der Waals surface area contributed by atoms with Crippen LogP contribution in [0.3, 0.4) is 0 Å². The molecule has 0 aliphatic carbocycles. The maximum absolute atomic E-state index is 12.0. The van der Waals surface area contributed by atoms with E-state index in [-0.39, 0.29) is 6.03 Å². The first-order chi connectivity index (χ1) is 14.1. The van der Waals surface area contributed by atoms with Crippen molar-refractivity contribution >= 4 is 29.2 Å². The maximum Gasteiger partial charge on any atom is 0.319 e. The van der Waals surface area contributed by atoms with E-state index in [1.54, 1.807) is 6.20 Å². The van der Waals surface area contributed by atoms with Crippen LogP contribution in [0.1, 0.15) is 18.1 Å². The van der Waals surface area contributed by atoms with Crippen LogP contribution >= 0.6 is 0 Å². The number of carbonyl (C=O) groups excluding carboxylic acids is 1. The minimum atomic E-state index is -0.232. The molecule has 8 nitrogen and oxygen atoms in total. The molecule has 2 aromatic heterocycles. The lowest BCUT2D eigenvalue weighted by atomic mass is 10.1. The summed E-state index contributed by atoms with van der Waals surface area (Å²) < 4.78 is 0. The first kappa shape index (κ1) is 20.1. The molecule has 0 aliphatic heterocycles. The average Bonchev–Trinajstić information content (AvgIpc) is 2.74. The Morgan fingerprint density at radius 3 is 2.41 bits per heavy atom. The molecule has 150 valence electrons. The van der Waals surface area contributed by atoms with Crippen LogP contribution < -0.4 is 21.3 Å². The number of hydrogen-bond donors (Lipinski definition) is 4. The predicted octanol–water partition coefficient (Wildman–Crippen LogP) is 3.72. The minimum absolute atomic E-state index is 0.232. The molecule has 0 spiro atoms. The van der Waals surface area contributed by atoms with Crippen LogP contribution in [0.15, 0.2) is 54.7 Å². The summed E-state index contributed by atoms with van der Waals surface area (Å²) in [6.07, 6.45) is 2.65. The van der Waals surface area contributed by atoms with Crippen molar-refractivity contribution < 1.29 is 4.79 Å². The quantitative estimate of drug-likeness (QED) is 0.436. The van der Waals surface area contributed by atoms with Crippen molar-refractivity contribution in [1.82, 2.24) is 20.5 Å². The van der Waals surface area contributed by atoms with Gasteiger partial charge in [-0.3, -0.25) is 0 Å². The van der Waals surface area contributed by atoms with Gasteiger partial charge in [-0.25, -0.2) is 9.78 Å². The molecule has 0 unspecified atom stereocenters. The fourth-order valence-corrected chi connectivity index (χ4v) is 2.65. The van der Waals surface area contributed by atoms with E-state index in [1.165, 1.54) is 0 Å². The maximum atomic E-state index is 12.0. The van der Waals surface area contributed by atoms with E-state index < -0.39 is 0 Å². The van der Waals surface area contributed by atoms with Gasteiger partial charge < -0.3 is 21.3 Å². The van der Waals surface area contributed by atoms with Gasteiger partial charge in [-0.15, -0.1) is 10.2 Å². The van der Waals surface area contributed by atoms with Gasteiger partial charge in [0.1, 0.15) is 11.6 Å². The molecule has 0 saturated heterocycles. The lowest BCUT2D eigenvalue weighted by molar-refractivity contribution is 0.252. The Bertz CT molecular complexity index is 927. The number of rotatable bonds is 8. The molecule has 2 amide bonds. The van der Waals surface area contributed by atoms with Crippen molar-refractivity contribution in [2.45, 2.75) is 20.3 Å². The number of carbonyl (C=O) groups is 1. The van der Waals surface area contributed by atoms with Crippen molar-refractivity contribution in [1.29, 1.82) is 0 Å². The number of benzene rings is 1. The fraction of sp³-hybridized carbons (Fsp3) is 0.238. The first-order valence-electron chi connectivity index (χ1n) is 9.54. The zero-order valence-electron chi connectivity index (χ0n) is 16.6. The summed E-state index contributed by atoms with van der Waals surface area (Å²) in [4.78, 5) is 16.3. The molecule has 3 aromatic rings. The Kier molecular flexibility index (Phi) is 6.94. The molecule has 0 aliphatic rings. The van der Waals surface area contributed by atoms with Gasteiger partial charge in [0.2, 0.25) is 0 Å². The van der Waals surface area contributed by atoms with Crippen molar-refractivity contribution in [2.24, 2.45) is 0 Å². The molecule has 0 saturated carbocycles. The lowest BCUT2D eigenvalue weighted by Crippen LogP contribution is -2.33. The number of anilines is 4. The van der Waals surface area contributed by atoms with E-state index in [4.69, 9.17) is 0 Å². The Hall–Kier alpha value is -3.68. The van der Waals surface area contributed by atoms with Gasteiger partial charge in [0.15, 0.2) is 5.82 Å². The van der Waals surface area contributed by atoms with Crippen molar-refractivity contribution in [3.8, 4) is 0 Å². The number of aryl methyl sites for hydroxylation is 2. The van der Waals surface area contributed by atoms with Gasteiger partial charge in [-0.1, -0.05) is 31.2 Å². The van der Waals surface area contributed by atoms with E-state index in [0.29, 0.717) is 30.5 Å². The molecular formula is C21H25N7O. The van der Waals surface area contributed by atoms with Crippen LogP contribution in [-0.2, 0) is 6.42 Å².